The lowest BCUT2D eigenvalue weighted by Gasteiger charge is -2.19. The average Bonchev–Trinajstić information content (AvgIpc) is 2.91. The maximum absolute atomic E-state index is 12.7. The number of aromatic nitrogens is 4. The van der Waals surface area contributed by atoms with E-state index in [0.717, 1.165) is 24.3 Å². The molecular weight excluding hydrogens is 646 g/mol. The Morgan fingerprint density at radius 1 is 0.826 bits per heavy atom. The Morgan fingerprint density at radius 2 is 1.33 bits per heavy atom. The van der Waals surface area contributed by atoms with Crippen LogP contribution in [0.4, 0.5) is 0 Å². The van der Waals surface area contributed by atoms with E-state index in [0.29, 0.717) is 27.5 Å². The van der Waals surface area contributed by atoms with E-state index in [-0.39, 0.29) is 44.4 Å². The normalized spacial score (nSPS) is 11.6. The molecule has 4 aromatic rings. The zero-order chi connectivity index (χ0) is 34.9. The largest absolute Gasteiger partial charge is 0.352 e. The van der Waals surface area contributed by atoms with Crippen molar-refractivity contribution in [3.8, 4) is 0 Å². The van der Waals surface area contributed by atoms with Gasteiger partial charge < -0.3 is 21.0 Å². The molecule has 0 fully saturated rings. The van der Waals surface area contributed by atoms with Gasteiger partial charge in [0, 0.05) is 33.2 Å². The molecule has 0 unspecified atom stereocenters. The first kappa shape index (κ1) is 35.6. The summed E-state index contributed by atoms with van der Waals surface area (Å²) in [6.45, 7) is 6.23. The second-order valence-electron chi connectivity index (χ2n) is 10.6. The fraction of sp³-hybridized carbons (Fsp3) is 0.333. The minimum atomic E-state index is -4.20. The Bertz CT molecular complexity index is 2350. The number of carbonyl (C=O) groups excluding carboxylic acids is 2. The van der Waals surface area contributed by atoms with E-state index < -0.39 is 54.1 Å². The van der Waals surface area contributed by atoms with Crippen molar-refractivity contribution in [2.24, 2.45) is 5.73 Å². The highest BCUT2D eigenvalue weighted by Crippen LogP contribution is 2.16. The molecule has 0 bridgehead atoms. The molecular formula is C27H33N7O10S2. The van der Waals surface area contributed by atoms with Crippen LogP contribution in [0.25, 0.3) is 21.8 Å². The Kier molecular flexibility index (Phi) is 10.2. The molecule has 2 amide bonds. The number of H-pyrrole nitrogens is 2. The number of fused-ring (bicyclic) bond motifs is 2. The first-order chi connectivity index (χ1) is 21.2. The van der Waals surface area contributed by atoms with Crippen LogP contribution in [0.3, 0.4) is 0 Å². The number of sulfone groups is 1. The van der Waals surface area contributed by atoms with Crippen LogP contribution in [0.15, 0.2) is 43.4 Å². The van der Waals surface area contributed by atoms with Crippen LogP contribution in [0.2, 0.25) is 0 Å². The molecule has 0 spiro atoms. The Balaban J connectivity index is 0.000000259. The number of carbonyl (C=O) groups is 2. The van der Waals surface area contributed by atoms with Crippen molar-refractivity contribution >= 4 is 53.5 Å². The molecule has 2 heterocycles. The predicted molar refractivity (Wildman–Crippen MR) is 171 cm³/mol. The molecule has 4 rings (SSSR count). The number of hydrogen-bond acceptors (Lipinski definition) is 11. The van der Waals surface area contributed by atoms with E-state index >= 15 is 0 Å². The fourth-order valence-electron chi connectivity index (χ4n) is 4.53. The van der Waals surface area contributed by atoms with Gasteiger partial charge in [-0.3, -0.25) is 19.2 Å². The van der Waals surface area contributed by atoms with Crippen molar-refractivity contribution in [3.63, 3.8) is 0 Å². The summed E-state index contributed by atoms with van der Waals surface area (Å²) in [6.07, 6.45) is 1.67. The van der Waals surface area contributed by atoms with E-state index in [1.54, 1.807) is 19.1 Å². The summed E-state index contributed by atoms with van der Waals surface area (Å²) in [6, 6.07) is 6.22. The van der Waals surface area contributed by atoms with Crippen molar-refractivity contribution < 1.29 is 26.4 Å². The van der Waals surface area contributed by atoms with Gasteiger partial charge in [0.05, 0.1) is 28.1 Å². The standard InChI is InChI=1S/C15H18N4O6S.C12H15N3O4S/c1-8-5-13-12(6-11(8)7-16-9(2)20)14(22)18(15(23)17-13)19(10(3)21)26(4,24)25;1-7-3-10-9(4-8(7)5-13)11(16)15(12(17)14-10)6-20(2,18)19/h5-6H,7H2,1-4H3,(H,16,20)(H,17,23);3-4H,5-6,13H2,1-2H3,(H,14,17). The minimum Gasteiger partial charge on any atom is -0.352 e. The first-order valence-corrected chi connectivity index (χ1v) is 17.3. The molecule has 0 aliphatic rings. The Labute approximate surface area is 261 Å². The van der Waals surface area contributed by atoms with Crippen LogP contribution in [-0.2, 0) is 48.4 Å². The fourth-order valence-corrected chi connectivity index (χ4v) is 6.15. The zero-order valence-electron chi connectivity index (χ0n) is 25.7. The number of amides is 2. The number of hydrogen-bond donors (Lipinski definition) is 4. The molecule has 0 aliphatic heterocycles. The summed E-state index contributed by atoms with van der Waals surface area (Å²) in [5, 5.41) is 2.85. The third-order valence-electron chi connectivity index (χ3n) is 6.65. The van der Waals surface area contributed by atoms with Crippen LogP contribution in [0.1, 0.15) is 36.1 Å². The highest BCUT2D eigenvalue weighted by molar-refractivity contribution is 7.92. The smallest absolute Gasteiger partial charge is 0.349 e. The third kappa shape index (κ3) is 7.85. The first-order valence-electron chi connectivity index (χ1n) is 13.3. The molecule has 0 atom stereocenters. The molecule has 19 heteroatoms. The maximum Gasteiger partial charge on any atom is 0.349 e. The average molecular weight is 680 g/mol. The van der Waals surface area contributed by atoms with E-state index in [2.05, 4.69) is 15.3 Å². The van der Waals surface area contributed by atoms with Gasteiger partial charge in [0.15, 0.2) is 9.84 Å². The molecule has 46 heavy (non-hydrogen) atoms. The Morgan fingerprint density at radius 3 is 1.80 bits per heavy atom. The topological polar surface area (TPSA) is 253 Å². The van der Waals surface area contributed by atoms with Gasteiger partial charge in [0.25, 0.3) is 27.0 Å². The summed E-state index contributed by atoms with van der Waals surface area (Å²) in [5.74, 6) is -1.92. The highest BCUT2D eigenvalue weighted by atomic mass is 32.2. The van der Waals surface area contributed by atoms with E-state index in [1.165, 1.54) is 19.1 Å². The summed E-state index contributed by atoms with van der Waals surface area (Å²) < 4.78 is 47.3. The SMILES string of the molecule is CC(=O)NCc1cc2c(=O)n(N(C(C)=O)S(C)(=O)=O)c(=O)[nH]c2cc1C.Cc1cc2[nH]c(=O)n(CS(C)(=O)=O)c(=O)c2cc1CN. The summed E-state index contributed by atoms with van der Waals surface area (Å²) in [5.41, 5.74) is 5.70. The number of aromatic amines is 2. The number of nitrogens with one attached hydrogen (secondary N) is 3. The zero-order valence-corrected chi connectivity index (χ0v) is 27.4. The monoisotopic (exact) mass is 679 g/mol. The van der Waals surface area contributed by atoms with Gasteiger partial charge >= 0.3 is 11.4 Å². The number of nitrogens with two attached hydrogens (primary N) is 1. The van der Waals surface area contributed by atoms with Crippen LogP contribution in [0.5, 0.6) is 0 Å². The van der Waals surface area contributed by atoms with Crippen molar-refractivity contribution in [1.29, 1.82) is 0 Å². The second-order valence-corrected chi connectivity index (χ2v) is 14.5. The van der Waals surface area contributed by atoms with E-state index in [9.17, 15) is 45.6 Å². The van der Waals surface area contributed by atoms with Crippen LogP contribution in [-0.4, -0.2) is 60.4 Å². The molecule has 2 aromatic carbocycles. The second kappa shape index (κ2) is 13.2. The van der Waals surface area contributed by atoms with Crippen LogP contribution in [0, 0.1) is 13.8 Å². The van der Waals surface area contributed by atoms with E-state index in [4.69, 9.17) is 5.73 Å². The van der Waals surface area contributed by atoms with Gasteiger partial charge in [-0.1, -0.05) is 0 Å². The summed E-state index contributed by atoms with van der Waals surface area (Å²) >= 11 is 0. The van der Waals surface area contributed by atoms with Gasteiger partial charge in [-0.25, -0.2) is 31.0 Å². The van der Waals surface area contributed by atoms with Gasteiger partial charge in [-0.2, -0.15) is 0 Å². The number of aryl methyl sites for hydroxylation is 2. The van der Waals surface area contributed by atoms with Crippen LogP contribution >= 0.6 is 0 Å². The summed E-state index contributed by atoms with van der Waals surface area (Å²) in [4.78, 5) is 76.8. The van der Waals surface area contributed by atoms with Crippen molar-refractivity contribution in [1.82, 2.24) is 24.5 Å². The lowest BCUT2D eigenvalue weighted by atomic mass is 10.1. The Hall–Kier alpha value is -4.88. The van der Waals surface area contributed by atoms with Gasteiger partial charge in [0.1, 0.15) is 5.88 Å². The molecule has 248 valence electrons. The number of rotatable bonds is 7. The predicted octanol–water partition coefficient (Wildman–Crippen LogP) is -1.46. The minimum absolute atomic E-state index is 0.00505. The molecule has 2 aromatic heterocycles. The third-order valence-corrected chi connectivity index (χ3v) is 8.42. The van der Waals surface area contributed by atoms with Crippen LogP contribution < -0.4 is 38.0 Å². The molecule has 17 nitrogen and oxygen atoms in total. The number of sulfonamides is 1. The van der Waals surface area contributed by atoms with Gasteiger partial charge in [-0.15, -0.1) is 9.09 Å². The molecule has 0 radical (unpaired) electrons. The van der Waals surface area contributed by atoms with Gasteiger partial charge in [-0.05, 0) is 60.4 Å². The molecule has 0 saturated carbocycles. The van der Waals surface area contributed by atoms with Crippen molar-refractivity contribution in [2.75, 3.05) is 16.9 Å². The lowest BCUT2D eigenvalue weighted by molar-refractivity contribution is -0.119. The molecule has 0 aliphatic carbocycles. The highest BCUT2D eigenvalue weighted by Gasteiger charge is 2.26. The lowest BCUT2D eigenvalue weighted by Crippen LogP contribution is -2.55. The van der Waals surface area contributed by atoms with Gasteiger partial charge in [0.2, 0.25) is 5.91 Å². The van der Waals surface area contributed by atoms with Crippen molar-refractivity contribution in [3.05, 3.63) is 88.2 Å². The van der Waals surface area contributed by atoms with E-state index in [1.807, 2.05) is 6.92 Å². The van der Waals surface area contributed by atoms with Crippen molar-refractivity contribution in [2.45, 2.75) is 46.7 Å². The molecule has 5 N–H and O–H groups in total. The summed E-state index contributed by atoms with van der Waals surface area (Å²) in [7, 11) is -7.70. The maximum atomic E-state index is 12.7. The quantitative estimate of drug-likeness (QED) is 0.176. The molecule has 0 saturated heterocycles. The number of benzene rings is 2. The number of nitrogens with zero attached hydrogens (tertiary/aromatic N) is 3.